The molecule has 0 spiro atoms. The molecule has 0 saturated carbocycles. The highest BCUT2D eigenvalue weighted by molar-refractivity contribution is 5.88. The van der Waals surface area contributed by atoms with E-state index in [2.05, 4.69) is 0 Å². The molecule has 0 unspecified atom stereocenters. The van der Waals surface area contributed by atoms with Gasteiger partial charge in [-0.25, -0.2) is 4.39 Å². The highest BCUT2D eigenvalue weighted by Gasteiger charge is 2.46. The molecule has 1 aromatic rings. The van der Waals surface area contributed by atoms with Crippen molar-refractivity contribution in [1.82, 2.24) is 0 Å². The molecule has 4 heteroatoms. The molecule has 2 rings (SSSR count). The molecule has 0 radical (unpaired) electrons. The van der Waals surface area contributed by atoms with Crippen LogP contribution in [-0.2, 0) is 14.9 Å². The normalized spacial score (nSPS) is 18.6. The third kappa shape index (κ3) is 1.19. The summed E-state index contributed by atoms with van der Waals surface area (Å²) >= 11 is 0. The van der Waals surface area contributed by atoms with Gasteiger partial charge in [0.25, 0.3) is 0 Å². The largest absolute Gasteiger partial charge is 0.378 e. The lowest BCUT2D eigenvalue weighted by Gasteiger charge is -2.38. The Morgan fingerprint density at radius 1 is 1.50 bits per heavy atom. The van der Waals surface area contributed by atoms with E-state index in [1.54, 1.807) is 12.1 Å². The van der Waals surface area contributed by atoms with E-state index < -0.39 is 11.3 Å². The van der Waals surface area contributed by atoms with E-state index in [9.17, 15) is 9.18 Å². The second kappa shape index (κ2) is 3.06. The number of carbonyl (C=O) groups is 1. The first-order valence-corrected chi connectivity index (χ1v) is 4.29. The SMILES string of the molecule is NC(=O)C1(c2cccc(F)c2)COC1. The summed E-state index contributed by atoms with van der Waals surface area (Å²) in [4.78, 5) is 11.2. The monoisotopic (exact) mass is 195 g/mol. The van der Waals surface area contributed by atoms with Crippen LogP contribution >= 0.6 is 0 Å². The van der Waals surface area contributed by atoms with Gasteiger partial charge >= 0.3 is 0 Å². The van der Waals surface area contributed by atoms with Crippen molar-refractivity contribution in [2.45, 2.75) is 5.41 Å². The second-order valence-electron chi connectivity index (χ2n) is 3.45. The molecule has 1 saturated heterocycles. The van der Waals surface area contributed by atoms with Crippen LogP contribution in [0.3, 0.4) is 0 Å². The van der Waals surface area contributed by atoms with E-state index in [4.69, 9.17) is 10.5 Å². The molecular weight excluding hydrogens is 185 g/mol. The van der Waals surface area contributed by atoms with Gasteiger partial charge in [-0.15, -0.1) is 0 Å². The molecule has 0 atom stereocenters. The third-order valence-corrected chi connectivity index (χ3v) is 2.55. The number of primary amides is 1. The molecule has 1 aliphatic heterocycles. The van der Waals surface area contributed by atoms with Gasteiger partial charge in [-0.1, -0.05) is 12.1 Å². The molecule has 74 valence electrons. The summed E-state index contributed by atoms with van der Waals surface area (Å²) in [6.07, 6.45) is 0. The average Bonchev–Trinajstić information content (AvgIpc) is 2.00. The zero-order chi connectivity index (χ0) is 10.2. The predicted octanol–water partition coefficient (Wildman–Crippen LogP) is 0.579. The highest BCUT2D eigenvalue weighted by atomic mass is 19.1. The van der Waals surface area contributed by atoms with Crippen LogP contribution in [0.2, 0.25) is 0 Å². The van der Waals surface area contributed by atoms with Gasteiger partial charge in [0.05, 0.1) is 13.2 Å². The van der Waals surface area contributed by atoms with Crippen molar-refractivity contribution in [2.75, 3.05) is 13.2 Å². The molecule has 0 bridgehead atoms. The number of halogens is 1. The topological polar surface area (TPSA) is 52.3 Å². The van der Waals surface area contributed by atoms with Crippen LogP contribution in [-0.4, -0.2) is 19.1 Å². The first-order valence-electron chi connectivity index (χ1n) is 4.29. The summed E-state index contributed by atoms with van der Waals surface area (Å²) in [6.45, 7) is 0.484. The fourth-order valence-corrected chi connectivity index (χ4v) is 1.54. The quantitative estimate of drug-likeness (QED) is 0.750. The van der Waals surface area contributed by atoms with Crippen molar-refractivity contribution in [3.05, 3.63) is 35.6 Å². The minimum Gasteiger partial charge on any atom is -0.378 e. The lowest BCUT2D eigenvalue weighted by atomic mass is 9.78. The zero-order valence-electron chi connectivity index (χ0n) is 7.50. The maximum absolute atomic E-state index is 12.9. The van der Waals surface area contributed by atoms with Crippen molar-refractivity contribution >= 4 is 5.91 Å². The van der Waals surface area contributed by atoms with Crippen molar-refractivity contribution in [3.8, 4) is 0 Å². The zero-order valence-corrected chi connectivity index (χ0v) is 7.50. The summed E-state index contributed by atoms with van der Waals surface area (Å²) in [6, 6.07) is 5.91. The van der Waals surface area contributed by atoms with E-state index in [-0.39, 0.29) is 19.0 Å². The van der Waals surface area contributed by atoms with Crippen molar-refractivity contribution in [1.29, 1.82) is 0 Å². The van der Waals surface area contributed by atoms with Gasteiger partial charge in [0, 0.05) is 0 Å². The number of ether oxygens (including phenoxy) is 1. The first-order chi connectivity index (χ1) is 6.65. The summed E-state index contributed by atoms with van der Waals surface area (Å²) in [5, 5.41) is 0. The van der Waals surface area contributed by atoms with E-state index in [0.717, 1.165) is 0 Å². The van der Waals surface area contributed by atoms with Gasteiger partial charge in [-0.05, 0) is 17.7 Å². The molecule has 1 amide bonds. The van der Waals surface area contributed by atoms with E-state index >= 15 is 0 Å². The van der Waals surface area contributed by atoms with Crippen LogP contribution in [0.1, 0.15) is 5.56 Å². The minimum absolute atomic E-state index is 0.242. The Bertz CT molecular complexity index is 374. The van der Waals surface area contributed by atoms with E-state index in [1.807, 2.05) is 0 Å². The van der Waals surface area contributed by atoms with Gasteiger partial charge < -0.3 is 10.5 Å². The van der Waals surface area contributed by atoms with Gasteiger partial charge in [-0.2, -0.15) is 0 Å². The fraction of sp³-hybridized carbons (Fsp3) is 0.300. The molecule has 14 heavy (non-hydrogen) atoms. The third-order valence-electron chi connectivity index (χ3n) is 2.55. The minimum atomic E-state index is -0.817. The average molecular weight is 195 g/mol. The number of carbonyl (C=O) groups excluding carboxylic acids is 1. The van der Waals surface area contributed by atoms with Gasteiger partial charge in [0.15, 0.2) is 0 Å². The van der Waals surface area contributed by atoms with Crippen molar-refractivity contribution in [3.63, 3.8) is 0 Å². The van der Waals surface area contributed by atoms with E-state index in [1.165, 1.54) is 12.1 Å². The Morgan fingerprint density at radius 3 is 2.64 bits per heavy atom. The summed E-state index contributed by atoms with van der Waals surface area (Å²) in [5.41, 5.74) is 5.05. The van der Waals surface area contributed by atoms with Crippen LogP contribution in [0.25, 0.3) is 0 Å². The van der Waals surface area contributed by atoms with Crippen LogP contribution in [0, 0.1) is 5.82 Å². The molecule has 0 aromatic heterocycles. The van der Waals surface area contributed by atoms with Crippen molar-refractivity contribution in [2.24, 2.45) is 5.73 Å². The molecular formula is C10H10FNO2. The van der Waals surface area contributed by atoms with Gasteiger partial charge in [-0.3, -0.25) is 4.79 Å². The number of amides is 1. The predicted molar refractivity (Wildman–Crippen MR) is 48.1 cm³/mol. The number of benzene rings is 1. The Hall–Kier alpha value is -1.42. The van der Waals surface area contributed by atoms with Crippen LogP contribution in [0.5, 0.6) is 0 Å². The summed E-state index contributed by atoms with van der Waals surface area (Å²) in [7, 11) is 0. The maximum atomic E-state index is 12.9. The number of nitrogens with two attached hydrogens (primary N) is 1. The molecule has 1 fully saturated rings. The lowest BCUT2D eigenvalue weighted by molar-refractivity contribution is -0.141. The Kier molecular flexibility index (Phi) is 2.00. The molecule has 3 nitrogen and oxygen atoms in total. The lowest BCUT2D eigenvalue weighted by Crippen LogP contribution is -2.56. The Labute approximate surface area is 80.7 Å². The van der Waals surface area contributed by atoms with Crippen LogP contribution < -0.4 is 5.73 Å². The summed E-state index contributed by atoms with van der Waals surface area (Å²) < 4.78 is 17.9. The molecule has 0 aliphatic carbocycles. The van der Waals surface area contributed by atoms with Gasteiger partial charge in [0.1, 0.15) is 11.2 Å². The maximum Gasteiger partial charge on any atom is 0.232 e. The Morgan fingerprint density at radius 2 is 2.21 bits per heavy atom. The smallest absolute Gasteiger partial charge is 0.232 e. The standard InChI is InChI=1S/C10H10FNO2/c11-8-3-1-2-7(4-8)10(9(12)13)5-14-6-10/h1-4H,5-6H2,(H2,12,13). The number of rotatable bonds is 2. The molecule has 2 N–H and O–H groups in total. The second-order valence-corrected chi connectivity index (χ2v) is 3.45. The Balaban J connectivity index is 2.42. The molecule has 1 aliphatic rings. The van der Waals surface area contributed by atoms with Gasteiger partial charge in [0.2, 0.25) is 5.91 Å². The molecule has 1 aromatic carbocycles. The number of hydrogen-bond acceptors (Lipinski definition) is 2. The molecule has 1 heterocycles. The van der Waals surface area contributed by atoms with Crippen LogP contribution in [0.4, 0.5) is 4.39 Å². The highest BCUT2D eigenvalue weighted by Crippen LogP contribution is 2.32. The number of hydrogen-bond donors (Lipinski definition) is 1. The van der Waals surface area contributed by atoms with Crippen molar-refractivity contribution < 1.29 is 13.9 Å². The van der Waals surface area contributed by atoms with E-state index in [0.29, 0.717) is 5.56 Å². The summed E-state index contributed by atoms with van der Waals surface area (Å²) in [5.74, 6) is -0.829. The fourth-order valence-electron chi connectivity index (χ4n) is 1.54. The first kappa shape index (κ1) is 9.15. The van der Waals surface area contributed by atoms with Crippen LogP contribution in [0.15, 0.2) is 24.3 Å².